The lowest BCUT2D eigenvalue weighted by Gasteiger charge is -2.22. The monoisotopic (exact) mass is 292 g/mol. The number of anilines is 2. The molecule has 0 bridgehead atoms. The molecule has 0 saturated carbocycles. The third-order valence-electron chi connectivity index (χ3n) is 3.46. The van der Waals surface area contributed by atoms with E-state index in [1.54, 1.807) is 6.07 Å². The molecular formula is C16H18ClFN2. The normalized spacial score (nSPS) is 12.2. The van der Waals surface area contributed by atoms with Gasteiger partial charge in [-0.3, -0.25) is 0 Å². The van der Waals surface area contributed by atoms with Gasteiger partial charge in [0.1, 0.15) is 5.82 Å². The highest BCUT2D eigenvalue weighted by Gasteiger charge is 2.11. The molecule has 1 atom stereocenters. The number of nitrogens with zero attached hydrogens (tertiary/aromatic N) is 1. The fraction of sp³-hybridized carbons (Fsp3) is 0.250. The quantitative estimate of drug-likeness (QED) is 0.891. The average Bonchev–Trinajstić information content (AvgIpc) is 2.45. The number of benzene rings is 2. The van der Waals surface area contributed by atoms with Crippen molar-refractivity contribution in [3.05, 3.63) is 58.9 Å². The molecule has 1 N–H and O–H groups in total. The van der Waals surface area contributed by atoms with Gasteiger partial charge in [0.05, 0.1) is 10.7 Å². The summed E-state index contributed by atoms with van der Waals surface area (Å²) in [6.45, 7) is 2.07. The van der Waals surface area contributed by atoms with Gasteiger partial charge in [-0.25, -0.2) is 4.39 Å². The van der Waals surface area contributed by atoms with Crippen LogP contribution in [0.1, 0.15) is 18.5 Å². The van der Waals surface area contributed by atoms with Crippen molar-refractivity contribution in [1.82, 2.24) is 5.32 Å². The zero-order valence-corrected chi connectivity index (χ0v) is 12.6. The topological polar surface area (TPSA) is 15.3 Å². The Kier molecular flexibility index (Phi) is 4.63. The van der Waals surface area contributed by atoms with Gasteiger partial charge in [0.2, 0.25) is 0 Å². The molecule has 0 aromatic heterocycles. The first-order chi connectivity index (χ1) is 9.52. The largest absolute Gasteiger partial charge is 0.343 e. The van der Waals surface area contributed by atoms with Gasteiger partial charge in [-0.15, -0.1) is 0 Å². The third kappa shape index (κ3) is 3.11. The average molecular weight is 293 g/mol. The highest BCUT2D eigenvalue weighted by atomic mass is 35.5. The SMILES string of the molecule is CNC(C)c1ccc(N(C)c2cccc(F)c2)c(Cl)c1. The molecule has 0 spiro atoms. The predicted molar refractivity (Wildman–Crippen MR) is 83.4 cm³/mol. The Morgan fingerprint density at radius 2 is 1.95 bits per heavy atom. The summed E-state index contributed by atoms with van der Waals surface area (Å²) in [6, 6.07) is 12.6. The van der Waals surface area contributed by atoms with E-state index in [-0.39, 0.29) is 11.9 Å². The molecule has 0 amide bonds. The smallest absolute Gasteiger partial charge is 0.125 e. The Bertz CT molecular complexity index is 601. The van der Waals surface area contributed by atoms with Gasteiger partial charge in [0, 0.05) is 18.8 Å². The standard InChI is InChI=1S/C16H18ClFN2/c1-11(19-2)12-7-8-16(15(17)9-12)20(3)14-6-4-5-13(18)10-14/h4-11,19H,1-3H3. The lowest BCUT2D eigenvalue weighted by molar-refractivity contribution is 0.628. The minimum absolute atomic E-state index is 0.237. The van der Waals surface area contributed by atoms with E-state index in [1.165, 1.54) is 12.1 Å². The highest BCUT2D eigenvalue weighted by molar-refractivity contribution is 6.33. The van der Waals surface area contributed by atoms with Gasteiger partial charge in [0.15, 0.2) is 0 Å². The van der Waals surface area contributed by atoms with E-state index in [0.717, 1.165) is 16.9 Å². The van der Waals surface area contributed by atoms with E-state index in [4.69, 9.17) is 11.6 Å². The van der Waals surface area contributed by atoms with E-state index in [9.17, 15) is 4.39 Å². The lowest BCUT2D eigenvalue weighted by atomic mass is 10.1. The van der Waals surface area contributed by atoms with Gasteiger partial charge in [-0.2, -0.15) is 0 Å². The molecule has 2 aromatic rings. The summed E-state index contributed by atoms with van der Waals surface area (Å²) in [5.74, 6) is -0.258. The van der Waals surface area contributed by atoms with E-state index >= 15 is 0 Å². The molecule has 2 rings (SSSR count). The number of hydrogen-bond acceptors (Lipinski definition) is 2. The Labute approximate surface area is 124 Å². The minimum atomic E-state index is -0.258. The molecule has 20 heavy (non-hydrogen) atoms. The van der Waals surface area contributed by atoms with E-state index in [1.807, 2.05) is 43.3 Å². The van der Waals surface area contributed by atoms with Crippen LogP contribution in [0.4, 0.5) is 15.8 Å². The maximum absolute atomic E-state index is 13.3. The van der Waals surface area contributed by atoms with Crippen LogP contribution in [-0.4, -0.2) is 14.1 Å². The summed E-state index contributed by atoms with van der Waals surface area (Å²) < 4.78 is 13.3. The fourth-order valence-electron chi connectivity index (χ4n) is 2.06. The van der Waals surface area contributed by atoms with Crippen molar-refractivity contribution in [2.45, 2.75) is 13.0 Å². The van der Waals surface area contributed by atoms with Crippen molar-refractivity contribution in [3.63, 3.8) is 0 Å². The zero-order chi connectivity index (χ0) is 14.7. The third-order valence-corrected chi connectivity index (χ3v) is 3.76. The molecule has 0 fully saturated rings. The molecular weight excluding hydrogens is 275 g/mol. The maximum atomic E-state index is 13.3. The molecule has 0 aliphatic heterocycles. The van der Waals surface area contributed by atoms with E-state index in [2.05, 4.69) is 12.2 Å². The van der Waals surface area contributed by atoms with Crippen molar-refractivity contribution in [1.29, 1.82) is 0 Å². The van der Waals surface area contributed by atoms with Crippen LogP contribution in [0.5, 0.6) is 0 Å². The first kappa shape index (κ1) is 14.8. The van der Waals surface area contributed by atoms with E-state index in [0.29, 0.717) is 5.02 Å². The minimum Gasteiger partial charge on any atom is -0.343 e. The molecule has 2 nitrogen and oxygen atoms in total. The maximum Gasteiger partial charge on any atom is 0.125 e. The summed E-state index contributed by atoms with van der Waals surface area (Å²) >= 11 is 6.35. The number of rotatable bonds is 4. The number of halogens is 2. The van der Waals surface area contributed by atoms with Crippen LogP contribution >= 0.6 is 11.6 Å². The molecule has 0 aliphatic carbocycles. The van der Waals surface area contributed by atoms with Gasteiger partial charge >= 0.3 is 0 Å². The predicted octanol–water partition coefficient (Wildman–Crippen LogP) is 4.53. The van der Waals surface area contributed by atoms with Crippen LogP contribution in [0, 0.1) is 5.82 Å². The second-order valence-corrected chi connectivity index (χ2v) is 5.17. The summed E-state index contributed by atoms with van der Waals surface area (Å²) in [6.07, 6.45) is 0. The van der Waals surface area contributed by atoms with Crippen molar-refractivity contribution < 1.29 is 4.39 Å². The molecule has 4 heteroatoms. The summed E-state index contributed by atoms with van der Waals surface area (Å²) in [5.41, 5.74) is 2.74. The van der Waals surface area contributed by atoms with Gasteiger partial charge in [-0.1, -0.05) is 23.7 Å². The number of hydrogen-bond donors (Lipinski definition) is 1. The highest BCUT2D eigenvalue weighted by Crippen LogP contribution is 2.32. The molecule has 0 aliphatic rings. The van der Waals surface area contributed by atoms with Gasteiger partial charge in [0.25, 0.3) is 0 Å². The van der Waals surface area contributed by atoms with E-state index < -0.39 is 0 Å². The zero-order valence-electron chi connectivity index (χ0n) is 11.8. The van der Waals surface area contributed by atoms with Crippen LogP contribution < -0.4 is 10.2 Å². The lowest BCUT2D eigenvalue weighted by Crippen LogP contribution is -2.14. The van der Waals surface area contributed by atoms with Gasteiger partial charge < -0.3 is 10.2 Å². The second-order valence-electron chi connectivity index (χ2n) is 4.76. The summed E-state index contributed by atoms with van der Waals surface area (Å²) in [5, 5.41) is 3.82. The second kappa shape index (κ2) is 6.25. The first-order valence-corrected chi connectivity index (χ1v) is 6.86. The van der Waals surface area contributed by atoms with Crippen molar-refractivity contribution in [2.24, 2.45) is 0 Å². The van der Waals surface area contributed by atoms with Crippen molar-refractivity contribution in [2.75, 3.05) is 19.0 Å². The Balaban J connectivity index is 2.33. The summed E-state index contributed by atoms with van der Waals surface area (Å²) in [4.78, 5) is 1.87. The molecule has 0 heterocycles. The Morgan fingerprint density at radius 1 is 1.20 bits per heavy atom. The molecule has 1 unspecified atom stereocenters. The fourth-order valence-corrected chi connectivity index (χ4v) is 2.37. The molecule has 0 radical (unpaired) electrons. The van der Waals surface area contributed by atoms with Gasteiger partial charge in [-0.05, 0) is 49.9 Å². The van der Waals surface area contributed by atoms with Crippen molar-refractivity contribution >= 4 is 23.0 Å². The molecule has 0 saturated heterocycles. The van der Waals surface area contributed by atoms with Crippen LogP contribution in [-0.2, 0) is 0 Å². The first-order valence-electron chi connectivity index (χ1n) is 6.49. The van der Waals surface area contributed by atoms with Crippen LogP contribution in [0.2, 0.25) is 5.02 Å². The van der Waals surface area contributed by atoms with Crippen LogP contribution in [0.3, 0.4) is 0 Å². The molecule has 106 valence electrons. The van der Waals surface area contributed by atoms with Crippen LogP contribution in [0.25, 0.3) is 0 Å². The van der Waals surface area contributed by atoms with Crippen LogP contribution in [0.15, 0.2) is 42.5 Å². The van der Waals surface area contributed by atoms with Crippen molar-refractivity contribution in [3.8, 4) is 0 Å². The summed E-state index contributed by atoms with van der Waals surface area (Å²) in [7, 11) is 3.78. The Hall–Kier alpha value is -1.58. The number of nitrogens with one attached hydrogen (secondary N) is 1. The Morgan fingerprint density at radius 3 is 2.55 bits per heavy atom. The molecule has 2 aromatic carbocycles.